The van der Waals surface area contributed by atoms with E-state index in [0.717, 1.165) is 61.0 Å². The zero-order chi connectivity index (χ0) is 17.7. The Morgan fingerprint density at radius 2 is 2.08 bits per heavy atom. The van der Waals surface area contributed by atoms with Crippen LogP contribution in [0.15, 0.2) is 35.5 Å². The monoisotopic (exact) mass is 351 g/mol. The number of likely N-dealkylation sites (tertiary alicyclic amines) is 1. The molecule has 5 nitrogen and oxygen atoms in total. The Hall–Kier alpha value is -2.14. The first-order chi connectivity index (χ1) is 12.6. The highest BCUT2D eigenvalue weighted by molar-refractivity contribution is 6.16. The maximum Gasteiger partial charge on any atom is 0.244 e. The summed E-state index contributed by atoms with van der Waals surface area (Å²) in [6, 6.07) is 7.09. The summed E-state index contributed by atoms with van der Waals surface area (Å²) in [5, 5.41) is 4.21. The Morgan fingerprint density at radius 3 is 2.77 bits per heavy atom. The molecular formula is C21H25N3O2. The van der Waals surface area contributed by atoms with E-state index in [1.807, 2.05) is 6.07 Å². The van der Waals surface area contributed by atoms with Gasteiger partial charge in [0.05, 0.1) is 12.1 Å². The van der Waals surface area contributed by atoms with Gasteiger partial charge in [-0.2, -0.15) is 5.10 Å². The molecule has 4 aliphatic rings. The van der Waals surface area contributed by atoms with Crippen molar-refractivity contribution in [3.8, 4) is 5.75 Å². The highest BCUT2D eigenvalue weighted by Crippen LogP contribution is 2.42. The van der Waals surface area contributed by atoms with E-state index in [1.54, 1.807) is 0 Å². The van der Waals surface area contributed by atoms with Crippen molar-refractivity contribution in [2.75, 3.05) is 13.1 Å². The molecule has 1 saturated carbocycles. The molecule has 5 rings (SSSR count). The van der Waals surface area contributed by atoms with Crippen molar-refractivity contribution in [3.05, 3.63) is 41.5 Å². The number of amides is 1. The Kier molecular flexibility index (Phi) is 3.67. The van der Waals surface area contributed by atoms with Crippen molar-refractivity contribution in [1.82, 2.24) is 10.3 Å². The van der Waals surface area contributed by atoms with Crippen LogP contribution < -0.4 is 10.2 Å². The summed E-state index contributed by atoms with van der Waals surface area (Å²) in [5.41, 5.74) is 6.37. The van der Waals surface area contributed by atoms with E-state index >= 15 is 0 Å². The van der Waals surface area contributed by atoms with Gasteiger partial charge in [-0.15, -0.1) is 0 Å². The average molecular weight is 351 g/mol. The van der Waals surface area contributed by atoms with Gasteiger partial charge < -0.3 is 9.64 Å². The molecule has 136 valence electrons. The van der Waals surface area contributed by atoms with Crippen molar-refractivity contribution in [1.29, 1.82) is 0 Å². The molecule has 5 heteroatoms. The SMILES string of the molecule is C=C1CC(=O)NN=C1c1ccc2c(c1)CC1(CCN(C3CCC3)CC1)O2. The van der Waals surface area contributed by atoms with Crippen LogP contribution >= 0.6 is 0 Å². The molecule has 3 aliphatic heterocycles. The first-order valence-corrected chi connectivity index (χ1v) is 9.73. The van der Waals surface area contributed by atoms with Crippen LogP contribution in [-0.2, 0) is 11.2 Å². The van der Waals surface area contributed by atoms with Gasteiger partial charge in [-0.1, -0.05) is 13.0 Å². The number of nitrogens with one attached hydrogen (secondary N) is 1. The normalized spacial score (nSPS) is 25.3. The van der Waals surface area contributed by atoms with Gasteiger partial charge in [-0.05, 0) is 42.2 Å². The van der Waals surface area contributed by atoms with Crippen LogP contribution in [0.2, 0.25) is 0 Å². The van der Waals surface area contributed by atoms with E-state index in [9.17, 15) is 4.79 Å². The van der Waals surface area contributed by atoms with E-state index in [4.69, 9.17) is 4.74 Å². The molecule has 0 radical (unpaired) electrons. The van der Waals surface area contributed by atoms with Crippen molar-refractivity contribution in [3.63, 3.8) is 0 Å². The van der Waals surface area contributed by atoms with Crippen LogP contribution in [0.3, 0.4) is 0 Å². The third-order valence-electron chi connectivity index (χ3n) is 6.47. The summed E-state index contributed by atoms with van der Waals surface area (Å²) < 4.78 is 6.44. The molecular weight excluding hydrogens is 326 g/mol. The number of ether oxygens (including phenoxy) is 1. The second-order valence-corrected chi connectivity index (χ2v) is 8.18. The molecule has 0 unspecified atom stereocenters. The number of hydrogen-bond acceptors (Lipinski definition) is 4. The minimum atomic E-state index is -0.0968. The number of benzene rings is 1. The molecule has 1 N–H and O–H groups in total. The van der Waals surface area contributed by atoms with Crippen LogP contribution in [0.1, 0.15) is 49.7 Å². The molecule has 1 aromatic rings. The molecule has 1 saturated heterocycles. The summed E-state index contributed by atoms with van der Waals surface area (Å²) in [5.74, 6) is 0.914. The first-order valence-electron chi connectivity index (χ1n) is 9.73. The molecule has 0 bridgehead atoms. The summed E-state index contributed by atoms with van der Waals surface area (Å²) in [6.07, 6.45) is 7.65. The summed E-state index contributed by atoms with van der Waals surface area (Å²) >= 11 is 0. The fourth-order valence-corrected chi connectivity index (χ4v) is 4.69. The summed E-state index contributed by atoms with van der Waals surface area (Å²) in [7, 11) is 0. The molecule has 0 atom stereocenters. The number of nitrogens with zero attached hydrogens (tertiary/aromatic N) is 2. The number of hydrogen-bond donors (Lipinski definition) is 1. The van der Waals surface area contributed by atoms with Crippen LogP contribution in [0.25, 0.3) is 0 Å². The number of hydrazone groups is 1. The average Bonchev–Trinajstić information content (AvgIpc) is 2.92. The molecule has 26 heavy (non-hydrogen) atoms. The molecule has 0 aromatic heterocycles. The van der Waals surface area contributed by atoms with E-state index in [2.05, 4.69) is 34.1 Å². The van der Waals surface area contributed by atoms with Gasteiger partial charge in [-0.3, -0.25) is 4.79 Å². The molecule has 1 aromatic carbocycles. The molecule has 1 aliphatic carbocycles. The Labute approximate surface area is 154 Å². The predicted molar refractivity (Wildman–Crippen MR) is 100 cm³/mol. The lowest BCUT2D eigenvalue weighted by Gasteiger charge is -2.45. The lowest BCUT2D eigenvalue weighted by molar-refractivity contribution is -0.120. The first kappa shape index (κ1) is 16.1. The van der Waals surface area contributed by atoms with Gasteiger partial charge in [0, 0.05) is 44.0 Å². The third-order valence-corrected chi connectivity index (χ3v) is 6.47. The zero-order valence-corrected chi connectivity index (χ0v) is 15.1. The summed E-state index contributed by atoms with van der Waals surface area (Å²) in [4.78, 5) is 14.1. The minimum Gasteiger partial charge on any atom is -0.487 e. The largest absolute Gasteiger partial charge is 0.487 e. The highest BCUT2D eigenvalue weighted by atomic mass is 16.5. The third kappa shape index (κ3) is 2.65. The fourth-order valence-electron chi connectivity index (χ4n) is 4.69. The molecule has 1 amide bonds. The number of piperidine rings is 1. The predicted octanol–water partition coefficient (Wildman–Crippen LogP) is 2.79. The number of fused-ring (bicyclic) bond motifs is 1. The lowest BCUT2D eigenvalue weighted by atomic mass is 9.83. The van der Waals surface area contributed by atoms with Crippen LogP contribution in [0.5, 0.6) is 5.75 Å². The van der Waals surface area contributed by atoms with Crippen molar-refractivity contribution in [2.24, 2.45) is 5.10 Å². The highest BCUT2D eigenvalue weighted by Gasteiger charge is 2.43. The van der Waals surface area contributed by atoms with Gasteiger partial charge >= 0.3 is 0 Å². The van der Waals surface area contributed by atoms with Crippen LogP contribution in [0.4, 0.5) is 0 Å². The molecule has 2 fully saturated rings. The molecule has 1 spiro atoms. The second kappa shape index (κ2) is 5.95. The van der Waals surface area contributed by atoms with E-state index in [0.29, 0.717) is 6.42 Å². The van der Waals surface area contributed by atoms with Crippen LogP contribution in [0, 0.1) is 0 Å². The van der Waals surface area contributed by atoms with Gasteiger partial charge in [-0.25, -0.2) is 5.43 Å². The Morgan fingerprint density at radius 1 is 1.27 bits per heavy atom. The van der Waals surface area contributed by atoms with E-state index in [-0.39, 0.29) is 11.5 Å². The van der Waals surface area contributed by atoms with Crippen molar-refractivity contribution >= 4 is 11.6 Å². The zero-order valence-electron chi connectivity index (χ0n) is 15.1. The van der Waals surface area contributed by atoms with Gasteiger partial charge in [0.1, 0.15) is 11.4 Å². The number of carbonyl (C=O) groups excluding carboxylic acids is 1. The maximum absolute atomic E-state index is 11.4. The van der Waals surface area contributed by atoms with Gasteiger partial charge in [0.25, 0.3) is 0 Å². The van der Waals surface area contributed by atoms with Crippen molar-refractivity contribution in [2.45, 2.75) is 56.6 Å². The summed E-state index contributed by atoms with van der Waals surface area (Å²) in [6.45, 7) is 6.32. The smallest absolute Gasteiger partial charge is 0.244 e. The van der Waals surface area contributed by atoms with Crippen molar-refractivity contribution < 1.29 is 9.53 Å². The number of carbonyl (C=O) groups is 1. The minimum absolute atomic E-state index is 0.0270. The van der Waals surface area contributed by atoms with Gasteiger partial charge in [0.15, 0.2) is 0 Å². The van der Waals surface area contributed by atoms with Crippen LogP contribution in [-0.4, -0.2) is 41.3 Å². The van der Waals surface area contributed by atoms with E-state index in [1.165, 1.54) is 24.8 Å². The topological polar surface area (TPSA) is 53.9 Å². The van der Waals surface area contributed by atoms with Gasteiger partial charge in [0.2, 0.25) is 5.91 Å². The standard InChI is InChI=1S/C21H25N3O2/c1-14-11-19(25)22-23-20(14)15-5-6-18-16(12-15)13-21(26-18)7-9-24(10-8-21)17-3-2-4-17/h5-6,12,17H,1-4,7-11,13H2,(H,22,25). The van der Waals surface area contributed by atoms with E-state index < -0.39 is 0 Å². The quantitative estimate of drug-likeness (QED) is 0.891. The second-order valence-electron chi connectivity index (χ2n) is 8.18. The lowest BCUT2D eigenvalue weighted by Crippen LogP contribution is -2.52. The number of rotatable bonds is 2. The Balaban J connectivity index is 1.33. The molecule has 3 heterocycles. The fraction of sp³-hybridized carbons (Fsp3) is 0.524. The maximum atomic E-state index is 11.4. The Bertz CT molecular complexity index is 801.